The van der Waals surface area contributed by atoms with Crippen molar-refractivity contribution in [1.29, 1.82) is 0 Å². The summed E-state index contributed by atoms with van der Waals surface area (Å²) in [5.74, 6) is -0.0659. The number of hydrogen-bond donors (Lipinski definition) is 1. The second-order valence-electron chi connectivity index (χ2n) is 7.90. The van der Waals surface area contributed by atoms with Crippen molar-refractivity contribution in [2.45, 2.75) is 38.3 Å². The Balaban J connectivity index is 1.63. The van der Waals surface area contributed by atoms with Crippen molar-refractivity contribution in [1.82, 2.24) is 15.1 Å². The van der Waals surface area contributed by atoms with E-state index in [2.05, 4.69) is 5.32 Å². The van der Waals surface area contributed by atoms with Gasteiger partial charge in [0.1, 0.15) is 11.5 Å². The van der Waals surface area contributed by atoms with Gasteiger partial charge < -0.3 is 19.9 Å². The van der Waals surface area contributed by atoms with E-state index in [9.17, 15) is 14.4 Å². The van der Waals surface area contributed by atoms with Crippen LogP contribution in [-0.2, 0) is 27.3 Å². The van der Waals surface area contributed by atoms with Crippen LogP contribution in [0, 0.1) is 0 Å². The van der Waals surface area contributed by atoms with Gasteiger partial charge in [0.15, 0.2) is 0 Å². The number of carbonyl (C=O) groups is 3. The van der Waals surface area contributed by atoms with Gasteiger partial charge in [0.25, 0.3) is 5.91 Å². The number of nitrogens with zero attached hydrogens (tertiary/aromatic N) is 3. The lowest BCUT2D eigenvalue weighted by molar-refractivity contribution is -0.134. The molecule has 1 aromatic heterocycles. The summed E-state index contributed by atoms with van der Waals surface area (Å²) in [6.07, 6.45) is 3.72. The monoisotopic (exact) mass is 420 g/mol. The van der Waals surface area contributed by atoms with E-state index in [1.54, 1.807) is 19.1 Å². The van der Waals surface area contributed by atoms with Crippen LogP contribution in [-0.4, -0.2) is 80.5 Å². The quantitative estimate of drug-likeness (QED) is 0.781. The molecule has 1 saturated heterocycles. The Labute approximate surface area is 174 Å². The fourth-order valence-corrected chi connectivity index (χ4v) is 5.74. The van der Waals surface area contributed by atoms with Crippen molar-refractivity contribution in [3.8, 4) is 0 Å². The highest BCUT2D eigenvalue weighted by Gasteiger charge is 2.38. The lowest BCUT2D eigenvalue weighted by atomic mass is 9.99. The van der Waals surface area contributed by atoms with Crippen LogP contribution in [0.25, 0.3) is 0 Å². The highest BCUT2D eigenvalue weighted by molar-refractivity contribution is 7.17. The number of methoxy groups -OCH3 is 1. The Morgan fingerprint density at radius 1 is 1.28 bits per heavy atom. The van der Waals surface area contributed by atoms with Crippen molar-refractivity contribution in [3.63, 3.8) is 0 Å². The smallest absolute Gasteiger partial charge is 0.257 e. The Bertz CT molecular complexity index is 818. The topological polar surface area (TPSA) is 82.2 Å². The van der Waals surface area contributed by atoms with E-state index in [-0.39, 0.29) is 30.3 Å². The summed E-state index contributed by atoms with van der Waals surface area (Å²) < 4.78 is 5.17. The predicted octanol–water partition coefficient (Wildman–Crippen LogP) is 0.840. The van der Waals surface area contributed by atoms with Crippen molar-refractivity contribution < 1.29 is 19.1 Å². The lowest BCUT2D eigenvalue weighted by Crippen LogP contribution is -2.49. The van der Waals surface area contributed by atoms with Gasteiger partial charge in [-0.3, -0.25) is 19.3 Å². The number of ether oxygens (including phenoxy) is 1. The van der Waals surface area contributed by atoms with Gasteiger partial charge >= 0.3 is 0 Å². The van der Waals surface area contributed by atoms with E-state index in [1.165, 1.54) is 16.2 Å². The third-order valence-corrected chi connectivity index (χ3v) is 7.20. The Kier molecular flexibility index (Phi) is 5.89. The van der Waals surface area contributed by atoms with Crippen molar-refractivity contribution in [3.05, 3.63) is 16.0 Å². The molecule has 4 rings (SSSR count). The molecule has 29 heavy (non-hydrogen) atoms. The zero-order chi connectivity index (χ0) is 20.5. The molecular weight excluding hydrogens is 392 g/mol. The van der Waals surface area contributed by atoms with Crippen LogP contribution in [0.3, 0.4) is 0 Å². The minimum absolute atomic E-state index is 0.0662. The number of fused-ring (bicyclic) bond motifs is 3. The molecule has 3 aliphatic heterocycles. The molecule has 1 fully saturated rings. The zero-order valence-corrected chi connectivity index (χ0v) is 17.8. The molecule has 0 saturated carbocycles. The Hall–Kier alpha value is -1.97. The number of anilines is 1. The molecule has 9 heteroatoms. The number of rotatable bonds is 4. The minimum Gasteiger partial charge on any atom is -0.383 e. The van der Waals surface area contributed by atoms with Crippen molar-refractivity contribution >= 4 is 34.1 Å². The van der Waals surface area contributed by atoms with E-state index in [0.717, 1.165) is 36.2 Å². The van der Waals surface area contributed by atoms with Crippen LogP contribution in [0.5, 0.6) is 0 Å². The fourth-order valence-electron chi connectivity index (χ4n) is 4.34. The van der Waals surface area contributed by atoms with Gasteiger partial charge in [-0.2, -0.15) is 0 Å². The number of likely N-dealkylation sites (N-methyl/N-ethyl adjacent to an activating group) is 1. The second-order valence-corrected chi connectivity index (χ2v) is 8.98. The molecule has 1 atom stereocenters. The molecule has 3 amide bonds. The molecule has 158 valence electrons. The van der Waals surface area contributed by atoms with Crippen LogP contribution in [0.15, 0.2) is 0 Å². The highest BCUT2D eigenvalue weighted by Crippen LogP contribution is 2.41. The molecule has 0 bridgehead atoms. The summed E-state index contributed by atoms with van der Waals surface area (Å²) in [5, 5.41) is 4.04. The van der Waals surface area contributed by atoms with Gasteiger partial charge in [-0.25, -0.2) is 0 Å². The molecule has 0 radical (unpaired) electrons. The third-order valence-electron chi connectivity index (χ3n) is 5.96. The molecule has 1 aromatic rings. The Morgan fingerprint density at radius 2 is 2.10 bits per heavy atom. The normalized spacial score (nSPS) is 22.4. The van der Waals surface area contributed by atoms with Crippen LogP contribution in [0.4, 0.5) is 5.00 Å². The standard InChI is InChI=1S/C20H28N4O4S/c1-22-12-16(25)24(9-10-28-2)20-17(19(22)27)13-6-8-23(11-15(13)29-20)18(26)14-5-3-4-7-21-14/h14,21H,3-12H2,1-2H3/t14-/m0/s1. The molecule has 0 aromatic carbocycles. The zero-order valence-electron chi connectivity index (χ0n) is 17.0. The summed E-state index contributed by atoms with van der Waals surface area (Å²) in [6.45, 7) is 2.89. The van der Waals surface area contributed by atoms with Gasteiger partial charge in [0.2, 0.25) is 11.8 Å². The fraction of sp³-hybridized carbons (Fsp3) is 0.650. The van der Waals surface area contributed by atoms with Crippen molar-refractivity contribution in [2.24, 2.45) is 0 Å². The van der Waals surface area contributed by atoms with Gasteiger partial charge in [-0.1, -0.05) is 6.42 Å². The molecule has 0 aliphatic carbocycles. The molecule has 3 aliphatic rings. The first-order chi connectivity index (χ1) is 14.0. The largest absolute Gasteiger partial charge is 0.383 e. The first-order valence-corrected chi connectivity index (χ1v) is 11.0. The molecule has 4 heterocycles. The summed E-state index contributed by atoms with van der Waals surface area (Å²) >= 11 is 1.47. The van der Waals surface area contributed by atoms with Gasteiger partial charge in [-0.05, 0) is 31.4 Å². The molecule has 1 N–H and O–H groups in total. The number of thiophene rings is 1. The molecule has 0 spiro atoms. The van der Waals surface area contributed by atoms with Gasteiger partial charge in [-0.15, -0.1) is 11.3 Å². The minimum atomic E-state index is -0.112. The number of nitrogens with one attached hydrogen (secondary N) is 1. The maximum Gasteiger partial charge on any atom is 0.257 e. The number of amides is 3. The van der Waals surface area contributed by atoms with E-state index >= 15 is 0 Å². The first-order valence-electron chi connectivity index (χ1n) is 10.2. The number of carbonyl (C=O) groups excluding carboxylic acids is 3. The van der Waals surface area contributed by atoms with Gasteiger partial charge in [0.05, 0.1) is 31.3 Å². The lowest BCUT2D eigenvalue weighted by Gasteiger charge is -2.32. The van der Waals surface area contributed by atoms with Crippen LogP contribution in [0.1, 0.15) is 40.1 Å². The van der Waals surface area contributed by atoms with E-state index in [4.69, 9.17) is 4.74 Å². The summed E-state index contributed by atoms with van der Waals surface area (Å²) in [4.78, 5) is 44.8. The third kappa shape index (κ3) is 3.78. The van der Waals surface area contributed by atoms with E-state index in [1.807, 2.05) is 4.90 Å². The average molecular weight is 421 g/mol. The maximum atomic E-state index is 13.0. The number of piperidine rings is 1. The Morgan fingerprint density at radius 3 is 2.83 bits per heavy atom. The number of hydrogen-bond acceptors (Lipinski definition) is 6. The first kappa shape index (κ1) is 20.3. The second kappa shape index (κ2) is 8.41. The summed E-state index contributed by atoms with van der Waals surface area (Å²) in [7, 11) is 3.27. The summed E-state index contributed by atoms with van der Waals surface area (Å²) in [6, 6.07) is -0.101. The molecule has 0 unspecified atom stereocenters. The summed E-state index contributed by atoms with van der Waals surface area (Å²) in [5.41, 5.74) is 1.64. The van der Waals surface area contributed by atoms with E-state index < -0.39 is 0 Å². The van der Waals surface area contributed by atoms with Crippen molar-refractivity contribution in [2.75, 3.05) is 51.8 Å². The van der Waals surface area contributed by atoms with Crippen LogP contribution in [0.2, 0.25) is 0 Å². The molecule has 8 nitrogen and oxygen atoms in total. The van der Waals surface area contributed by atoms with Crippen LogP contribution >= 0.6 is 11.3 Å². The van der Waals surface area contributed by atoms with Gasteiger partial charge in [0, 0.05) is 25.6 Å². The highest BCUT2D eigenvalue weighted by atomic mass is 32.1. The molecular formula is C20H28N4O4S. The maximum absolute atomic E-state index is 13.0. The van der Waals surface area contributed by atoms with Crippen LogP contribution < -0.4 is 10.2 Å². The van der Waals surface area contributed by atoms with E-state index in [0.29, 0.717) is 43.2 Å². The predicted molar refractivity (Wildman–Crippen MR) is 110 cm³/mol. The average Bonchev–Trinajstić information content (AvgIpc) is 3.08. The SMILES string of the molecule is COCCN1C(=O)CN(C)C(=O)c2c1sc1c2CCN(C(=O)[C@@H]2CCCCN2)C1.